The smallest absolute Gasteiger partial charge is 0.112 e. The number of pyridine rings is 2. The van der Waals surface area contributed by atoms with Crippen molar-refractivity contribution in [2.75, 3.05) is 31.2 Å². The zero-order chi connectivity index (χ0) is 13.2. The molecule has 1 N–H and O–H groups in total. The van der Waals surface area contributed by atoms with E-state index >= 15 is 0 Å². The van der Waals surface area contributed by atoms with Crippen LogP contribution in [-0.4, -0.2) is 47.5 Å². The number of aliphatic hydroxyl groups is 1. The van der Waals surface area contributed by atoms with Crippen LogP contribution in [-0.2, 0) is 4.74 Å². The van der Waals surface area contributed by atoms with Crippen LogP contribution >= 0.6 is 15.9 Å². The maximum Gasteiger partial charge on any atom is 0.112 e. The first-order valence-corrected chi connectivity index (χ1v) is 6.95. The third kappa shape index (κ3) is 2.56. The Morgan fingerprint density at radius 3 is 3.21 bits per heavy atom. The van der Waals surface area contributed by atoms with Crippen molar-refractivity contribution in [2.24, 2.45) is 0 Å². The number of anilines is 1. The number of fused-ring (bicyclic) bond motifs is 1. The number of hydrogen-bond donors (Lipinski definition) is 1. The largest absolute Gasteiger partial charge is 0.394 e. The van der Waals surface area contributed by atoms with Crippen molar-refractivity contribution in [1.29, 1.82) is 0 Å². The number of nitrogens with zero attached hydrogens (tertiary/aromatic N) is 3. The first-order chi connectivity index (χ1) is 9.28. The summed E-state index contributed by atoms with van der Waals surface area (Å²) < 4.78 is 6.39. The van der Waals surface area contributed by atoms with Crippen molar-refractivity contribution in [3.05, 3.63) is 29.0 Å². The van der Waals surface area contributed by atoms with Crippen molar-refractivity contribution in [1.82, 2.24) is 9.97 Å². The van der Waals surface area contributed by atoms with E-state index < -0.39 is 0 Å². The molecule has 3 rings (SSSR count). The van der Waals surface area contributed by atoms with E-state index in [1.54, 1.807) is 12.4 Å². The van der Waals surface area contributed by atoms with Crippen LogP contribution in [0.5, 0.6) is 0 Å². The maximum atomic E-state index is 9.22. The summed E-state index contributed by atoms with van der Waals surface area (Å²) in [5.41, 5.74) is 2.78. The molecule has 19 heavy (non-hydrogen) atoms. The molecule has 0 saturated carbocycles. The highest BCUT2D eigenvalue weighted by Crippen LogP contribution is 2.26. The van der Waals surface area contributed by atoms with E-state index in [1.165, 1.54) is 0 Å². The lowest BCUT2D eigenvalue weighted by molar-refractivity contribution is 0.00363. The van der Waals surface area contributed by atoms with Crippen LogP contribution in [0.1, 0.15) is 0 Å². The molecule has 1 aliphatic rings. The van der Waals surface area contributed by atoms with Gasteiger partial charge in [0.2, 0.25) is 0 Å². The van der Waals surface area contributed by atoms with Gasteiger partial charge in [0.05, 0.1) is 30.5 Å². The Hall–Kier alpha value is -1.24. The molecule has 0 radical (unpaired) electrons. The lowest BCUT2D eigenvalue weighted by Crippen LogP contribution is -2.44. The second kappa shape index (κ2) is 5.40. The van der Waals surface area contributed by atoms with Gasteiger partial charge in [-0.05, 0) is 28.1 Å². The van der Waals surface area contributed by atoms with Gasteiger partial charge in [0.1, 0.15) is 5.52 Å². The summed E-state index contributed by atoms with van der Waals surface area (Å²) in [5, 5.41) is 9.22. The third-order valence-electron chi connectivity index (χ3n) is 3.21. The van der Waals surface area contributed by atoms with Gasteiger partial charge in [0, 0.05) is 30.0 Å². The second-order valence-corrected chi connectivity index (χ2v) is 5.39. The summed E-state index contributed by atoms with van der Waals surface area (Å²) in [4.78, 5) is 11.0. The Balaban J connectivity index is 2.00. The average molecular weight is 324 g/mol. The number of aliphatic hydroxyl groups excluding tert-OH is 1. The Labute approximate surface area is 119 Å². The number of ether oxygens (including phenoxy) is 1. The molecule has 0 spiro atoms. The third-order valence-corrected chi connectivity index (χ3v) is 3.64. The van der Waals surface area contributed by atoms with Crippen molar-refractivity contribution in [3.8, 4) is 0 Å². The van der Waals surface area contributed by atoms with E-state index in [9.17, 15) is 5.11 Å². The fourth-order valence-electron chi connectivity index (χ4n) is 2.30. The predicted molar refractivity (Wildman–Crippen MR) is 76.3 cm³/mol. The molecule has 6 heteroatoms. The van der Waals surface area contributed by atoms with Crippen molar-refractivity contribution >= 4 is 32.7 Å². The molecule has 1 saturated heterocycles. The molecular weight excluding hydrogens is 310 g/mol. The molecule has 3 heterocycles. The lowest BCUT2D eigenvalue weighted by atomic mass is 10.2. The van der Waals surface area contributed by atoms with Gasteiger partial charge >= 0.3 is 0 Å². The molecule has 5 nitrogen and oxygen atoms in total. The molecule has 100 valence electrons. The van der Waals surface area contributed by atoms with E-state index in [2.05, 4.69) is 30.8 Å². The maximum absolute atomic E-state index is 9.22. The van der Waals surface area contributed by atoms with Crippen LogP contribution in [0.15, 0.2) is 29.0 Å². The highest BCUT2D eigenvalue weighted by molar-refractivity contribution is 9.10. The van der Waals surface area contributed by atoms with Crippen molar-refractivity contribution < 1.29 is 9.84 Å². The monoisotopic (exact) mass is 323 g/mol. The van der Waals surface area contributed by atoms with Gasteiger partial charge in [0.25, 0.3) is 0 Å². The molecule has 1 aliphatic heterocycles. The molecular formula is C13H14BrN3O2. The van der Waals surface area contributed by atoms with Gasteiger partial charge in [-0.2, -0.15) is 0 Å². The van der Waals surface area contributed by atoms with Crippen molar-refractivity contribution in [3.63, 3.8) is 0 Å². The number of rotatable bonds is 2. The fourth-order valence-corrected chi connectivity index (χ4v) is 2.61. The first-order valence-electron chi connectivity index (χ1n) is 6.15. The molecule has 2 aromatic heterocycles. The summed E-state index contributed by atoms with van der Waals surface area (Å²) >= 11 is 3.40. The predicted octanol–water partition coefficient (Wildman–Crippen LogP) is 1.59. The zero-order valence-corrected chi connectivity index (χ0v) is 11.9. The summed E-state index contributed by atoms with van der Waals surface area (Å²) in [6, 6.07) is 3.92. The molecule has 2 aromatic rings. The minimum Gasteiger partial charge on any atom is -0.394 e. The number of morpholine rings is 1. The molecule has 1 fully saturated rings. The Morgan fingerprint density at radius 1 is 1.47 bits per heavy atom. The summed E-state index contributed by atoms with van der Waals surface area (Å²) in [6.07, 6.45) is 3.43. The SMILES string of the molecule is OCC1CN(c2ccnc3cc(Br)cnc23)CCO1. The van der Waals surface area contributed by atoms with Crippen LogP contribution < -0.4 is 4.90 Å². The van der Waals surface area contributed by atoms with Gasteiger partial charge in [-0.1, -0.05) is 0 Å². The zero-order valence-electron chi connectivity index (χ0n) is 10.3. The van der Waals surface area contributed by atoms with Gasteiger partial charge in [0.15, 0.2) is 0 Å². The van der Waals surface area contributed by atoms with Crippen LogP contribution in [0.2, 0.25) is 0 Å². The molecule has 0 aromatic carbocycles. The minimum absolute atomic E-state index is 0.0402. The summed E-state index contributed by atoms with van der Waals surface area (Å²) in [5.74, 6) is 0. The standard InChI is InChI=1S/C13H14BrN3O2/c14-9-5-11-13(16-6-9)12(1-2-15-11)17-3-4-19-10(7-17)8-18/h1-2,5-6,10,18H,3-4,7-8H2. The molecule has 1 unspecified atom stereocenters. The minimum atomic E-state index is -0.132. The van der Waals surface area contributed by atoms with E-state index in [1.807, 2.05) is 12.1 Å². The van der Waals surface area contributed by atoms with E-state index in [0.29, 0.717) is 13.2 Å². The molecule has 0 aliphatic carbocycles. The Kier molecular flexibility index (Phi) is 3.63. The van der Waals surface area contributed by atoms with Crippen LogP contribution in [0.4, 0.5) is 5.69 Å². The van der Waals surface area contributed by atoms with E-state index in [4.69, 9.17) is 4.74 Å². The van der Waals surface area contributed by atoms with Gasteiger partial charge in [-0.3, -0.25) is 9.97 Å². The van der Waals surface area contributed by atoms with Gasteiger partial charge in [-0.15, -0.1) is 0 Å². The van der Waals surface area contributed by atoms with Crippen LogP contribution in [0, 0.1) is 0 Å². The quantitative estimate of drug-likeness (QED) is 0.909. The first kappa shape index (κ1) is 12.8. The molecule has 0 amide bonds. The van der Waals surface area contributed by atoms with Crippen LogP contribution in [0.25, 0.3) is 11.0 Å². The van der Waals surface area contributed by atoms with Crippen molar-refractivity contribution in [2.45, 2.75) is 6.10 Å². The topological polar surface area (TPSA) is 58.5 Å². The lowest BCUT2D eigenvalue weighted by Gasteiger charge is -2.33. The number of hydrogen-bond acceptors (Lipinski definition) is 5. The number of aromatic nitrogens is 2. The van der Waals surface area contributed by atoms with Gasteiger partial charge in [-0.25, -0.2) is 0 Å². The average Bonchev–Trinajstić information content (AvgIpc) is 2.46. The highest BCUT2D eigenvalue weighted by Gasteiger charge is 2.21. The number of halogens is 1. The van der Waals surface area contributed by atoms with Gasteiger partial charge < -0.3 is 14.7 Å². The Bertz CT molecular complexity index is 593. The van der Waals surface area contributed by atoms with E-state index in [-0.39, 0.29) is 12.7 Å². The summed E-state index contributed by atoms with van der Waals surface area (Å²) in [7, 11) is 0. The second-order valence-electron chi connectivity index (χ2n) is 4.47. The molecule has 1 atom stereocenters. The van der Waals surface area contributed by atoms with Crippen LogP contribution in [0.3, 0.4) is 0 Å². The summed E-state index contributed by atoms with van der Waals surface area (Å²) in [6.45, 7) is 2.13. The molecule has 0 bridgehead atoms. The fraction of sp³-hybridized carbons (Fsp3) is 0.385. The Morgan fingerprint density at radius 2 is 2.37 bits per heavy atom. The van der Waals surface area contributed by atoms with E-state index in [0.717, 1.165) is 27.7 Å². The normalized spacial score (nSPS) is 19.9. The highest BCUT2D eigenvalue weighted by atomic mass is 79.9.